The molecule has 0 unspecified atom stereocenters. The van der Waals surface area contributed by atoms with Gasteiger partial charge in [0.25, 0.3) is 0 Å². The van der Waals surface area contributed by atoms with E-state index in [1.54, 1.807) is 6.07 Å². The van der Waals surface area contributed by atoms with Crippen LogP contribution >= 0.6 is 11.6 Å². The van der Waals surface area contributed by atoms with E-state index in [4.69, 9.17) is 21.4 Å². The maximum absolute atomic E-state index is 12.8. The Balaban J connectivity index is 1.79. The van der Waals surface area contributed by atoms with Crippen LogP contribution in [0, 0.1) is 5.92 Å². The van der Waals surface area contributed by atoms with Gasteiger partial charge in [-0.3, -0.25) is 9.48 Å². The van der Waals surface area contributed by atoms with Crippen molar-refractivity contribution >= 4 is 17.6 Å². The van der Waals surface area contributed by atoms with Crippen molar-refractivity contribution < 1.29 is 27.8 Å². The van der Waals surface area contributed by atoms with Crippen LogP contribution in [-0.4, -0.2) is 27.5 Å². The van der Waals surface area contributed by atoms with E-state index in [-0.39, 0.29) is 24.4 Å². The third-order valence-electron chi connectivity index (χ3n) is 4.30. The molecule has 1 heterocycles. The van der Waals surface area contributed by atoms with Crippen molar-refractivity contribution in [3.8, 4) is 5.88 Å². The number of carbonyl (C=O) groups is 1. The second-order valence-electron chi connectivity index (χ2n) is 6.58. The highest BCUT2D eigenvalue weighted by Crippen LogP contribution is 2.33. The number of carboxylic acids is 1. The zero-order valence-corrected chi connectivity index (χ0v) is 15.1. The number of hydrogen-bond donors (Lipinski definition) is 1. The van der Waals surface area contributed by atoms with Crippen molar-refractivity contribution in [2.75, 3.05) is 6.61 Å². The molecular formula is C18H18ClF3N2O3. The second-order valence-corrected chi connectivity index (χ2v) is 6.99. The third kappa shape index (κ3) is 5.38. The van der Waals surface area contributed by atoms with Crippen LogP contribution in [0.5, 0.6) is 5.88 Å². The van der Waals surface area contributed by atoms with Gasteiger partial charge < -0.3 is 9.84 Å². The van der Waals surface area contributed by atoms with E-state index in [1.807, 2.05) is 0 Å². The number of ether oxygens (including phenoxy) is 1. The molecule has 0 radical (unpaired) electrons. The molecule has 0 aliphatic heterocycles. The fourth-order valence-corrected chi connectivity index (χ4v) is 2.81. The summed E-state index contributed by atoms with van der Waals surface area (Å²) in [5, 5.41) is 13.2. The molecule has 3 rings (SSSR count). The highest BCUT2D eigenvalue weighted by Gasteiger charge is 2.31. The Morgan fingerprint density at radius 2 is 2.07 bits per heavy atom. The van der Waals surface area contributed by atoms with Crippen molar-refractivity contribution in [2.24, 2.45) is 5.92 Å². The number of hydrogen-bond acceptors (Lipinski definition) is 3. The van der Waals surface area contributed by atoms with Crippen LogP contribution in [0.3, 0.4) is 0 Å². The van der Waals surface area contributed by atoms with Crippen molar-refractivity contribution in [1.82, 2.24) is 9.78 Å². The van der Waals surface area contributed by atoms with Crippen molar-refractivity contribution in [3.63, 3.8) is 0 Å². The zero-order chi connectivity index (χ0) is 19.6. The summed E-state index contributed by atoms with van der Waals surface area (Å²) in [6, 6.07) is 4.82. The van der Waals surface area contributed by atoms with Crippen molar-refractivity contribution in [2.45, 2.75) is 38.4 Å². The van der Waals surface area contributed by atoms with Gasteiger partial charge in [0.15, 0.2) is 0 Å². The predicted molar refractivity (Wildman–Crippen MR) is 92.0 cm³/mol. The predicted octanol–water partition coefficient (Wildman–Crippen LogP) is 4.41. The lowest BCUT2D eigenvalue weighted by Crippen LogP contribution is -2.10. The Labute approximate surface area is 158 Å². The fraction of sp³-hybridized carbons (Fsp3) is 0.444. The molecule has 0 saturated heterocycles. The lowest BCUT2D eigenvalue weighted by atomic mass is 10.1. The number of aliphatic carboxylic acids is 1. The molecule has 9 heteroatoms. The summed E-state index contributed by atoms with van der Waals surface area (Å²) < 4.78 is 45.5. The molecule has 1 aromatic carbocycles. The number of rotatable bonds is 8. The average molecular weight is 403 g/mol. The summed E-state index contributed by atoms with van der Waals surface area (Å²) in [5.41, 5.74) is 0.258. The van der Waals surface area contributed by atoms with Crippen LogP contribution in [0.4, 0.5) is 13.2 Å². The number of nitrogens with zero attached hydrogens (tertiary/aromatic N) is 2. The van der Waals surface area contributed by atoms with Gasteiger partial charge in [0.2, 0.25) is 5.88 Å². The first-order valence-electron chi connectivity index (χ1n) is 8.49. The summed E-state index contributed by atoms with van der Waals surface area (Å²) >= 11 is 6.02. The van der Waals surface area contributed by atoms with Crippen LogP contribution < -0.4 is 4.74 Å². The Kier molecular flexibility index (Phi) is 5.64. The second kappa shape index (κ2) is 7.80. The first-order valence-corrected chi connectivity index (χ1v) is 8.87. The lowest BCUT2D eigenvalue weighted by molar-refractivity contribution is -0.138. The summed E-state index contributed by atoms with van der Waals surface area (Å²) in [6.45, 7) is 0.676. The molecule has 27 heavy (non-hydrogen) atoms. The third-order valence-corrected chi connectivity index (χ3v) is 4.65. The Morgan fingerprint density at radius 1 is 1.33 bits per heavy atom. The molecule has 0 atom stereocenters. The minimum atomic E-state index is -4.47. The Morgan fingerprint density at radius 3 is 2.67 bits per heavy atom. The fourth-order valence-electron chi connectivity index (χ4n) is 2.57. The van der Waals surface area contributed by atoms with Gasteiger partial charge in [-0.25, -0.2) is 0 Å². The first-order chi connectivity index (χ1) is 12.7. The molecule has 1 aliphatic rings. The maximum atomic E-state index is 12.8. The van der Waals surface area contributed by atoms with Crippen LogP contribution in [0.25, 0.3) is 0 Å². The molecule has 146 valence electrons. The molecule has 1 aliphatic carbocycles. The van der Waals surface area contributed by atoms with Gasteiger partial charge in [-0.05, 0) is 42.9 Å². The van der Waals surface area contributed by atoms with Crippen molar-refractivity contribution in [1.29, 1.82) is 0 Å². The number of aromatic nitrogens is 2. The Hall–Kier alpha value is -2.22. The van der Waals surface area contributed by atoms with Crippen molar-refractivity contribution in [3.05, 3.63) is 46.1 Å². The molecule has 2 aromatic rings. The van der Waals surface area contributed by atoms with Gasteiger partial charge in [0, 0.05) is 16.8 Å². The van der Waals surface area contributed by atoms with Crippen LogP contribution in [-0.2, 0) is 23.9 Å². The quantitative estimate of drug-likeness (QED) is 0.710. The minimum absolute atomic E-state index is 0.0232. The smallest absolute Gasteiger partial charge is 0.416 e. The molecule has 1 saturated carbocycles. The lowest BCUT2D eigenvalue weighted by Gasteiger charge is -2.11. The SMILES string of the molecule is O=C(O)CCc1cc(OCC2CC2)nn1Cc1ccc(C(F)(F)F)cc1Cl. The van der Waals surface area contributed by atoms with E-state index < -0.39 is 17.7 Å². The summed E-state index contributed by atoms with van der Waals surface area (Å²) in [6.07, 6.45) is -2.09. The van der Waals surface area contributed by atoms with E-state index in [2.05, 4.69) is 5.10 Å². The standard InChI is InChI=1S/C18H18ClF3N2O3/c19-15-7-13(18(20,21)22)4-3-12(15)9-24-14(5-6-17(25)26)8-16(23-24)27-10-11-1-2-11/h3-4,7-8,11H,1-2,5-6,9-10H2,(H,25,26). The number of halogens is 4. The number of carboxylic acid groups (broad SMARTS) is 1. The van der Waals surface area contributed by atoms with E-state index >= 15 is 0 Å². The topological polar surface area (TPSA) is 64.3 Å². The molecule has 1 fully saturated rings. The van der Waals surface area contributed by atoms with Gasteiger partial charge in [-0.1, -0.05) is 17.7 Å². The number of alkyl halides is 3. The number of benzene rings is 1. The summed E-state index contributed by atoms with van der Waals surface area (Å²) in [5.74, 6) is -0.0388. The average Bonchev–Trinajstić information content (AvgIpc) is 3.33. The van der Waals surface area contributed by atoms with E-state index in [1.165, 1.54) is 10.7 Å². The molecule has 0 bridgehead atoms. The van der Waals surface area contributed by atoms with Gasteiger partial charge >= 0.3 is 12.1 Å². The normalized spacial score (nSPS) is 14.4. The highest BCUT2D eigenvalue weighted by molar-refractivity contribution is 6.31. The zero-order valence-electron chi connectivity index (χ0n) is 14.3. The molecule has 1 N–H and O–H groups in total. The van der Waals surface area contributed by atoms with Crippen LogP contribution in [0.1, 0.15) is 36.1 Å². The molecule has 0 spiro atoms. The van der Waals surface area contributed by atoms with E-state index in [9.17, 15) is 18.0 Å². The van der Waals surface area contributed by atoms with Gasteiger partial charge in [0.05, 0.1) is 25.1 Å². The monoisotopic (exact) mass is 402 g/mol. The minimum Gasteiger partial charge on any atom is -0.481 e. The largest absolute Gasteiger partial charge is 0.481 e. The molecule has 0 amide bonds. The van der Waals surface area contributed by atoms with Crippen LogP contribution in [0.2, 0.25) is 5.02 Å². The summed E-state index contributed by atoms with van der Waals surface area (Å²) in [7, 11) is 0. The number of aryl methyl sites for hydroxylation is 1. The molecule has 5 nitrogen and oxygen atoms in total. The van der Waals surface area contributed by atoms with E-state index in [0.717, 1.165) is 25.0 Å². The van der Waals surface area contributed by atoms with E-state index in [0.29, 0.717) is 29.7 Å². The van der Waals surface area contributed by atoms with Crippen LogP contribution in [0.15, 0.2) is 24.3 Å². The first kappa shape index (κ1) is 19.5. The highest BCUT2D eigenvalue weighted by atomic mass is 35.5. The maximum Gasteiger partial charge on any atom is 0.416 e. The van der Waals surface area contributed by atoms with Gasteiger partial charge in [0.1, 0.15) is 0 Å². The van der Waals surface area contributed by atoms with Gasteiger partial charge in [-0.15, -0.1) is 5.10 Å². The Bertz CT molecular complexity index is 832. The molecular weight excluding hydrogens is 385 g/mol. The summed E-state index contributed by atoms with van der Waals surface area (Å²) in [4.78, 5) is 10.9. The molecule has 1 aromatic heterocycles. The van der Waals surface area contributed by atoms with Gasteiger partial charge in [-0.2, -0.15) is 13.2 Å².